The molecule has 0 aromatic heterocycles. The molecule has 24 heavy (non-hydrogen) atoms. The van der Waals surface area contributed by atoms with E-state index in [-0.39, 0.29) is 12.5 Å². The van der Waals surface area contributed by atoms with Crippen molar-refractivity contribution in [2.24, 2.45) is 0 Å². The van der Waals surface area contributed by atoms with Crippen LogP contribution in [0, 0.1) is 20.8 Å². The topological polar surface area (TPSA) is 38.3 Å². The largest absolute Gasteiger partial charge is 0.484 e. The van der Waals surface area contributed by atoms with Crippen molar-refractivity contribution in [1.29, 1.82) is 0 Å². The van der Waals surface area contributed by atoms with Crippen molar-refractivity contribution in [3.63, 3.8) is 0 Å². The third-order valence-electron chi connectivity index (χ3n) is 3.65. The first-order valence-corrected chi connectivity index (χ1v) is 9.30. The average molecular weight is 343 g/mol. The monoisotopic (exact) mass is 343 g/mol. The number of benzene rings is 2. The van der Waals surface area contributed by atoms with Crippen LogP contribution < -0.4 is 10.1 Å². The van der Waals surface area contributed by atoms with Crippen molar-refractivity contribution in [3.8, 4) is 5.75 Å². The smallest absolute Gasteiger partial charge is 0.257 e. The summed E-state index contributed by atoms with van der Waals surface area (Å²) in [6.07, 6.45) is 0. The van der Waals surface area contributed by atoms with Crippen LogP contribution in [0.2, 0.25) is 0 Å². The molecule has 0 saturated heterocycles. The van der Waals surface area contributed by atoms with Crippen molar-refractivity contribution < 1.29 is 9.53 Å². The van der Waals surface area contributed by atoms with Gasteiger partial charge in [0.1, 0.15) is 5.75 Å². The maximum atomic E-state index is 11.8. The second kappa shape index (κ2) is 9.38. The van der Waals surface area contributed by atoms with E-state index in [0.29, 0.717) is 6.54 Å². The molecule has 0 spiro atoms. The summed E-state index contributed by atoms with van der Waals surface area (Å²) in [5.41, 5.74) is 4.83. The minimum absolute atomic E-state index is 0.0620. The summed E-state index contributed by atoms with van der Waals surface area (Å²) in [4.78, 5) is 11.8. The molecule has 0 aliphatic rings. The first-order valence-electron chi connectivity index (χ1n) is 8.14. The summed E-state index contributed by atoms with van der Waals surface area (Å²) in [5.74, 6) is 2.55. The number of hydrogen-bond donors (Lipinski definition) is 1. The van der Waals surface area contributed by atoms with E-state index >= 15 is 0 Å². The Labute approximate surface area is 148 Å². The number of hydrogen-bond acceptors (Lipinski definition) is 3. The van der Waals surface area contributed by atoms with Crippen LogP contribution in [0.3, 0.4) is 0 Å². The van der Waals surface area contributed by atoms with E-state index < -0.39 is 0 Å². The highest BCUT2D eigenvalue weighted by Gasteiger charge is 2.04. The molecule has 2 aromatic rings. The molecule has 0 aliphatic carbocycles. The summed E-state index contributed by atoms with van der Waals surface area (Å²) in [5, 5.41) is 2.89. The summed E-state index contributed by atoms with van der Waals surface area (Å²) >= 11 is 1.82. The Bertz CT molecular complexity index is 668. The van der Waals surface area contributed by atoms with Gasteiger partial charge in [-0.15, -0.1) is 0 Å². The molecule has 0 aliphatic heterocycles. The maximum absolute atomic E-state index is 11.8. The Balaban J connectivity index is 1.60. The van der Waals surface area contributed by atoms with Gasteiger partial charge in [-0.25, -0.2) is 0 Å². The first-order chi connectivity index (χ1) is 11.5. The van der Waals surface area contributed by atoms with Gasteiger partial charge in [-0.1, -0.05) is 47.5 Å². The van der Waals surface area contributed by atoms with Crippen LogP contribution in [0.4, 0.5) is 0 Å². The van der Waals surface area contributed by atoms with Crippen molar-refractivity contribution in [2.75, 3.05) is 18.9 Å². The molecule has 0 heterocycles. The predicted molar refractivity (Wildman–Crippen MR) is 102 cm³/mol. The molecule has 128 valence electrons. The molecule has 3 nitrogen and oxygen atoms in total. The maximum Gasteiger partial charge on any atom is 0.257 e. The summed E-state index contributed by atoms with van der Waals surface area (Å²) in [6, 6.07) is 14.5. The van der Waals surface area contributed by atoms with Crippen molar-refractivity contribution in [3.05, 3.63) is 64.7 Å². The second-order valence-electron chi connectivity index (χ2n) is 5.95. The van der Waals surface area contributed by atoms with Gasteiger partial charge in [-0.05, 0) is 38.0 Å². The highest BCUT2D eigenvalue weighted by molar-refractivity contribution is 7.98. The highest BCUT2D eigenvalue weighted by atomic mass is 32.2. The van der Waals surface area contributed by atoms with Crippen LogP contribution in [0.15, 0.2) is 42.5 Å². The van der Waals surface area contributed by atoms with Crippen LogP contribution >= 0.6 is 11.8 Å². The van der Waals surface area contributed by atoms with Crippen molar-refractivity contribution in [2.45, 2.75) is 26.5 Å². The zero-order valence-corrected chi connectivity index (χ0v) is 15.4. The molecular weight excluding hydrogens is 318 g/mol. The molecular formula is C20H25NO2S. The lowest BCUT2D eigenvalue weighted by atomic mass is 10.1. The molecule has 0 radical (unpaired) electrons. The number of ether oxygens (including phenoxy) is 1. The number of thioether (sulfide) groups is 1. The van der Waals surface area contributed by atoms with Gasteiger partial charge >= 0.3 is 0 Å². The normalized spacial score (nSPS) is 10.5. The molecule has 2 rings (SSSR count). The van der Waals surface area contributed by atoms with Gasteiger partial charge in [0, 0.05) is 18.1 Å². The zero-order chi connectivity index (χ0) is 17.4. The lowest BCUT2D eigenvalue weighted by Crippen LogP contribution is -2.30. The number of rotatable bonds is 8. The van der Waals surface area contributed by atoms with Crippen LogP contribution in [0.25, 0.3) is 0 Å². The Hall–Kier alpha value is -1.94. The standard InChI is InChI=1S/C20H25NO2S/c1-15-4-7-18(8-5-15)14-24-11-10-21-20(22)13-23-19-9-6-16(2)12-17(19)3/h4-9,12H,10-11,13-14H2,1-3H3,(H,21,22). The minimum Gasteiger partial charge on any atom is -0.484 e. The molecule has 1 N–H and O–H groups in total. The third kappa shape index (κ3) is 6.28. The van der Waals surface area contributed by atoms with Gasteiger partial charge in [0.05, 0.1) is 0 Å². The molecule has 0 saturated carbocycles. The van der Waals surface area contributed by atoms with Gasteiger partial charge in [0.15, 0.2) is 6.61 Å². The van der Waals surface area contributed by atoms with Crippen molar-refractivity contribution >= 4 is 17.7 Å². The van der Waals surface area contributed by atoms with E-state index in [4.69, 9.17) is 4.74 Å². The first kappa shape index (κ1) is 18.4. The van der Waals surface area contributed by atoms with Gasteiger partial charge in [-0.2, -0.15) is 11.8 Å². The molecule has 1 amide bonds. The van der Waals surface area contributed by atoms with E-state index in [0.717, 1.165) is 22.8 Å². The van der Waals surface area contributed by atoms with Crippen molar-refractivity contribution in [1.82, 2.24) is 5.32 Å². The minimum atomic E-state index is -0.0779. The van der Waals surface area contributed by atoms with Crippen LogP contribution in [0.5, 0.6) is 5.75 Å². The fraction of sp³-hybridized carbons (Fsp3) is 0.350. The van der Waals surface area contributed by atoms with E-state index in [1.807, 2.05) is 37.7 Å². The highest BCUT2D eigenvalue weighted by Crippen LogP contribution is 2.18. The molecule has 0 atom stereocenters. The number of nitrogens with one attached hydrogen (secondary N) is 1. The Morgan fingerprint density at radius 1 is 1.04 bits per heavy atom. The number of amides is 1. The third-order valence-corrected chi connectivity index (χ3v) is 4.68. The summed E-state index contributed by atoms with van der Waals surface area (Å²) in [6.45, 7) is 6.84. The molecule has 0 unspecified atom stereocenters. The number of carbonyl (C=O) groups excluding carboxylic acids is 1. The fourth-order valence-electron chi connectivity index (χ4n) is 2.29. The number of carbonyl (C=O) groups is 1. The van der Waals surface area contributed by atoms with Gasteiger partial charge in [0.25, 0.3) is 5.91 Å². The Kier molecular flexibility index (Phi) is 7.19. The number of aryl methyl sites for hydroxylation is 3. The predicted octanol–water partition coefficient (Wildman–Crippen LogP) is 4.04. The quantitative estimate of drug-likeness (QED) is 0.735. The SMILES string of the molecule is Cc1ccc(CSCCNC(=O)COc2ccc(C)cc2C)cc1. The van der Waals surface area contributed by atoms with E-state index in [9.17, 15) is 4.79 Å². The van der Waals surface area contributed by atoms with Gasteiger partial charge in [-0.3, -0.25) is 4.79 Å². The second-order valence-corrected chi connectivity index (χ2v) is 7.05. The van der Waals surface area contributed by atoms with E-state index in [2.05, 4.69) is 42.6 Å². The summed E-state index contributed by atoms with van der Waals surface area (Å²) < 4.78 is 5.57. The molecule has 0 bridgehead atoms. The Morgan fingerprint density at radius 3 is 2.46 bits per heavy atom. The van der Waals surface area contributed by atoms with Crippen LogP contribution in [-0.4, -0.2) is 24.8 Å². The zero-order valence-electron chi connectivity index (χ0n) is 14.6. The fourth-order valence-corrected chi connectivity index (χ4v) is 3.11. The van der Waals surface area contributed by atoms with Gasteiger partial charge < -0.3 is 10.1 Å². The van der Waals surface area contributed by atoms with Crippen LogP contribution in [-0.2, 0) is 10.5 Å². The van der Waals surface area contributed by atoms with E-state index in [1.54, 1.807) is 0 Å². The Morgan fingerprint density at radius 2 is 1.75 bits per heavy atom. The lowest BCUT2D eigenvalue weighted by Gasteiger charge is -2.10. The van der Waals surface area contributed by atoms with Gasteiger partial charge in [0.2, 0.25) is 0 Å². The summed E-state index contributed by atoms with van der Waals surface area (Å²) in [7, 11) is 0. The molecule has 0 fully saturated rings. The van der Waals surface area contributed by atoms with E-state index in [1.165, 1.54) is 16.7 Å². The van der Waals surface area contributed by atoms with Crippen LogP contribution in [0.1, 0.15) is 22.3 Å². The molecule has 4 heteroatoms. The molecule has 2 aromatic carbocycles. The average Bonchev–Trinajstić information content (AvgIpc) is 2.55. The lowest BCUT2D eigenvalue weighted by molar-refractivity contribution is -0.122.